The zero-order chi connectivity index (χ0) is 21.4. The Bertz CT molecular complexity index is 1140. The minimum absolute atomic E-state index is 0.0501. The molecule has 0 spiro atoms. The molecule has 1 aliphatic heterocycles. The van der Waals surface area contributed by atoms with Crippen molar-refractivity contribution in [3.05, 3.63) is 92.2 Å². The van der Waals surface area contributed by atoms with E-state index in [1.807, 2.05) is 6.07 Å². The number of aliphatic hydroxyl groups excluding tert-OH is 2. The van der Waals surface area contributed by atoms with E-state index >= 15 is 4.39 Å². The number of benzene rings is 3. The average Bonchev–Trinajstić information content (AvgIpc) is 2.97. The topological polar surface area (TPSA) is 76.7 Å². The van der Waals surface area contributed by atoms with Crippen LogP contribution in [0.5, 0.6) is 11.5 Å². The normalized spacial score (nSPS) is 18.1. The highest BCUT2D eigenvalue weighted by Gasteiger charge is 2.36. The van der Waals surface area contributed by atoms with Crippen molar-refractivity contribution in [1.29, 1.82) is 5.26 Å². The molecule has 0 amide bonds. The van der Waals surface area contributed by atoms with E-state index in [-0.39, 0.29) is 34.2 Å². The van der Waals surface area contributed by atoms with E-state index in [0.29, 0.717) is 15.6 Å². The van der Waals surface area contributed by atoms with Gasteiger partial charge in [-0.05, 0) is 40.2 Å². The summed E-state index contributed by atoms with van der Waals surface area (Å²) in [6.07, 6.45) is -2.12. The third-order valence-corrected chi connectivity index (χ3v) is 5.73. The summed E-state index contributed by atoms with van der Waals surface area (Å²) in [4.78, 5) is 1.38. The van der Waals surface area contributed by atoms with Crippen LogP contribution < -0.4 is 4.74 Å². The molecule has 3 aromatic rings. The molecule has 4 rings (SSSR count). The van der Waals surface area contributed by atoms with E-state index in [9.17, 15) is 10.2 Å². The molecule has 0 radical (unpaired) electrons. The van der Waals surface area contributed by atoms with Crippen LogP contribution >= 0.6 is 27.5 Å². The van der Waals surface area contributed by atoms with Crippen LogP contribution in [0.15, 0.2) is 59.1 Å². The first kappa shape index (κ1) is 20.8. The number of nitriles is 1. The molecule has 0 bridgehead atoms. The molecule has 1 aliphatic rings. The number of nitrogens with zero attached hydrogens (tertiary/aromatic N) is 2. The number of halogens is 3. The summed E-state index contributed by atoms with van der Waals surface area (Å²) in [5.74, 6) is -0.526. The monoisotopic (exact) mass is 488 g/mol. The molecule has 0 aliphatic carbocycles. The minimum atomic E-state index is -1.06. The standard InChI is InChI=1S/C22H15BrClFN2O3/c23-18-6-5-13(11-27-21(28)16-3-1-2-4-17(16)22(27)29)19(25)20(18)30-15-8-12(10-26)7-14(24)9-15/h1-9,21-22,28-29H,11H2. The van der Waals surface area contributed by atoms with Gasteiger partial charge in [-0.1, -0.05) is 41.9 Å². The highest BCUT2D eigenvalue weighted by atomic mass is 79.9. The van der Waals surface area contributed by atoms with E-state index in [0.717, 1.165) is 0 Å². The van der Waals surface area contributed by atoms with Gasteiger partial charge in [-0.25, -0.2) is 9.29 Å². The minimum Gasteiger partial charge on any atom is -0.453 e. The molecule has 3 aromatic carbocycles. The van der Waals surface area contributed by atoms with Gasteiger partial charge in [0, 0.05) is 28.3 Å². The van der Waals surface area contributed by atoms with Crippen LogP contribution in [0.2, 0.25) is 5.02 Å². The molecular formula is C22H15BrClFN2O3. The third kappa shape index (κ3) is 3.81. The number of fused-ring (bicyclic) bond motifs is 1. The van der Waals surface area contributed by atoms with Crippen molar-refractivity contribution in [3.8, 4) is 17.6 Å². The maximum Gasteiger partial charge on any atom is 0.177 e. The van der Waals surface area contributed by atoms with E-state index in [2.05, 4.69) is 15.9 Å². The predicted molar refractivity (Wildman–Crippen MR) is 112 cm³/mol. The number of ether oxygens (including phenoxy) is 1. The number of hydrogen-bond donors (Lipinski definition) is 2. The Morgan fingerprint density at radius 3 is 2.40 bits per heavy atom. The molecule has 8 heteroatoms. The van der Waals surface area contributed by atoms with Crippen LogP contribution in [-0.2, 0) is 6.54 Å². The molecule has 5 nitrogen and oxygen atoms in total. The highest BCUT2D eigenvalue weighted by Crippen LogP contribution is 2.41. The summed E-state index contributed by atoms with van der Waals surface area (Å²) in [5.41, 5.74) is 1.68. The van der Waals surface area contributed by atoms with Crippen LogP contribution in [0.4, 0.5) is 4.39 Å². The molecule has 0 fully saturated rings. The molecule has 0 saturated heterocycles. The van der Waals surface area contributed by atoms with Gasteiger partial charge in [0.25, 0.3) is 0 Å². The first-order valence-electron chi connectivity index (χ1n) is 8.95. The van der Waals surface area contributed by atoms with Crippen molar-refractivity contribution in [2.75, 3.05) is 0 Å². The lowest BCUT2D eigenvalue weighted by Crippen LogP contribution is -2.26. The van der Waals surface area contributed by atoms with E-state index < -0.39 is 18.3 Å². The van der Waals surface area contributed by atoms with Gasteiger partial charge in [-0.2, -0.15) is 5.26 Å². The Balaban J connectivity index is 1.64. The largest absolute Gasteiger partial charge is 0.453 e. The van der Waals surface area contributed by atoms with Crippen LogP contribution in [-0.4, -0.2) is 15.1 Å². The van der Waals surface area contributed by atoms with Gasteiger partial charge >= 0.3 is 0 Å². The van der Waals surface area contributed by atoms with E-state index in [1.54, 1.807) is 36.4 Å². The van der Waals surface area contributed by atoms with Crippen molar-refractivity contribution in [2.24, 2.45) is 0 Å². The van der Waals surface area contributed by atoms with Gasteiger partial charge in [0.15, 0.2) is 11.6 Å². The Morgan fingerprint density at radius 1 is 1.10 bits per heavy atom. The first-order valence-corrected chi connectivity index (χ1v) is 10.1. The maximum atomic E-state index is 15.3. The van der Waals surface area contributed by atoms with Crippen LogP contribution in [0.1, 0.15) is 34.7 Å². The fraction of sp³-hybridized carbons (Fsp3) is 0.136. The quantitative estimate of drug-likeness (QED) is 0.513. The number of hydrogen-bond acceptors (Lipinski definition) is 5. The van der Waals surface area contributed by atoms with Crippen LogP contribution in [0.3, 0.4) is 0 Å². The van der Waals surface area contributed by atoms with Crippen molar-refractivity contribution in [2.45, 2.75) is 19.0 Å². The van der Waals surface area contributed by atoms with E-state index in [1.165, 1.54) is 23.1 Å². The van der Waals surface area contributed by atoms with Gasteiger partial charge in [-0.3, -0.25) is 0 Å². The zero-order valence-corrected chi connectivity index (χ0v) is 17.7. The van der Waals surface area contributed by atoms with Crippen LogP contribution in [0.25, 0.3) is 0 Å². The second-order valence-corrected chi connectivity index (χ2v) is 8.08. The van der Waals surface area contributed by atoms with Gasteiger partial charge in [-0.15, -0.1) is 0 Å². The summed E-state index contributed by atoms with van der Waals surface area (Å²) < 4.78 is 21.3. The molecule has 1 heterocycles. The third-order valence-electron chi connectivity index (χ3n) is 4.88. The molecule has 2 atom stereocenters. The Kier molecular flexibility index (Phi) is 5.78. The summed E-state index contributed by atoms with van der Waals surface area (Å²) in [7, 11) is 0. The number of aliphatic hydroxyl groups is 2. The smallest absolute Gasteiger partial charge is 0.177 e. The second-order valence-electron chi connectivity index (χ2n) is 6.79. The molecule has 2 N–H and O–H groups in total. The maximum absolute atomic E-state index is 15.3. The second kappa shape index (κ2) is 8.34. The first-order chi connectivity index (χ1) is 14.4. The fourth-order valence-corrected chi connectivity index (χ4v) is 4.05. The van der Waals surface area contributed by atoms with Crippen molar-refractivity contribution in [1.82, 2.24) is 4.90 Å². The summed E-state index contributed by atoms with van der Waals surface area (Å²) >= 11 is 9.27. The summed E-state index contributed by atoms with van der Waals surface area (Å²) in [6, 6.07) is 16.5. The zero-order valence-electron chi connectivity index (χ0n) is 15.4. The highest BCUT2D eigenvalue weighted by molar-refractivity contribution is 9.10. The van der Waals surface area contributed by atoms with Gasteiger partial charge < -0.3 is 14.9 Å². The van der Waals surface area contributed by atoms with Gasteiger partial charge in [0.05, 0.1) is 16.1 Å². The Morgan fingerprint density at radius 2 is 1.77 bits per heavy atom. The molecule has 30 heavy (non-hydrogen) atoms. The lowest BCUT2D eigenvalue weighted by molar-refractivity contribution is -0.0906. The fourth-order valence-electron chi connectivity index (χ4n) is 3.43. The van der Waals surface area contributed by atoms with Gasteiger partial charge in [0.2, 0.25) is 0 Å². The Hall–Kier alpha value is -2.47. The summed E-state index contributed by atoms with van der Waals surface area (Å²) in [6.45, 7) is -0.0501. The lowest BCUT2D eigenvalue weighted by atomic mass is 10.1. The molecular weight excluding hydrogens is 475 g/mol. The SMILES string of the molecule is N#Cc1cc(Cl)cc(Oc2c(Br)ccc(CN3C(O)c4ccccc4C3O)c2F)c1. The van der Waals surface area contributed by atoms with Crippen molar-refractivity contribution in [3.63, 3.8) is 0 Å². The molecule has 0 aromatic heterocycles. The average molecular weight is 490 g/mol. The van der Waals surface area contributed by atoms with Crippen molar-refractivity contribution < 1.29 is 19.3 Å². The molecule has 152 valence electrons. The summed E-state index contributed by atoms with van der Waals surface area (Å²) in [5, 5.41) is 30.5. The molecule has 2 unspecified atom stereocenters. The molecule has 0 saturated carbocycles. The van der Waals surface area contributed by atoms with Gasteiger partial charge in [0.1, 0.15) is 18.2 Å². The number of rotatable bonds is 4. The Labute approximate surface area is 185 Å². The van der Waals surface area contributed by atoms with Crippen LogP contribution in [0, 0.1) is 17.1 Å². The predicted octanol–water partition coefficient (Wildman–Crippen LogP) is 5.40. The van der Waals surface area contributed by atoms with Crippen molar-refractivity contribution >= 4 is 27.5 Å². The lowest BCUT2D eigenvalue weighted by Gasteiger charge is -2.25. The van der Waals surface area contributed by atoms with E-state index in [4.69, 9.17) is 21.6 Å².